The molecule has 2 aromatic carbocycles. The zero-order chi connectivity index (χ0) is 21.5. The second-order valence-electron chi connectivity index (χ2n) is 7.34. The van der Waals surface area contributed by atoms with Crippen LogP contribution in [0, 0.1) is 11.6 Å². The Bertz CT molecular complexity index is 1090. The van der Waals surface area contributed by atoms with E-state index in [0.717, 1.165) is 12.1 Å². The normalized spacial score (nSPS) is 21.8. The van der Waals surface area contributed by atoms with Gasteiger partial charge < -0.3 is 4.90 Å². The first-order valence-corrected chi connectivity index (χ1v) is 11.0. The van der Waals surface area contributed by atoms with Crippen molar-refractivity contribution in [2.24, 2.45) is 0 Å². The van der Waals surface area contributed by atoms with Gasteiger partial charge in [-0.25, -0.2) is 31.6 Å². The van der Waals surface area contributed by atoms with Crippen LogP contribution < -0.4 is 9.62 Å². The number of halogens is 2. The minimum Gasteiger partial charge on any atom is -0.312 e. The number of nitrogens with zero attached hydrogens (tertiary/aromatic N) is 2. The number of fused-ring (bicyclic) bond motifs is 1. The van der Waals surface area contributed by atoms with Gasteiger partial charge in [0.2, 0.25) is 10.0 Å². The molecule has 0 aromatic heterocycles. The molecular weight excluding hydrogens is 416 g/mol. The highest BCUT2D eigenvalue weighted by Gasteiger charge is 2.49. The van der Waals surface area contributed by atoms with E-state index in [4.69, 9.17) is 0 Å². The molecular formula is C20H19F2N3O4S. The summed E-state index contributed by atoms with van der Waals surface area (Å²) in [6.45, 7) is 0.146. The smallest absolute Gasteiger partial charge is 0.312 e. The monoisotopic (exact) mass is 435 g/mol. The third kappa shape index (κ3) is 3.92. The number of urea groups is 1. The van der Waals surface area contributed by atoms with E-state index >= 15 is 0 Å². The third-order valence-corrected chi connectivity index (χ3v) is 6.65. The average Bonchev–Trinajstić information content (AvgIpc) is 2.92. The van der Waals surface area contributed by atoms with Crippen molar-refractivity contribution in [3.8, 4) is 0 Å². The standard InChI is InChI=1S/C20H19F2N3O4S/c21-14-6-7-17(16(22)10-14)25-19(26)18-11-15(8-9-24(18)20(25)27)23-30(28,29)12-13-4-2-1-3-5-13/h1-7,10,15,18,23H,8-9,11-12H2. The van der Waals surface area contributed by atoms with Crippen LogP contribution in [0.25, 0.3) is 0 Å². The van der Waals surface area contributed by atoms with Gasteiger partial charge in [-0.3, -0.25) is 4.79 Å². The van der Waals surface area contributed by atoms with Gasteiger partial charge in [-0.2, -0.15) is 0 Å². The van der Waals surface area contributed by atoms with Crippen LogP contribution in [-0.2, 0) is 20.6 Å². The average molecular weight is 435 g/mol. The molecule has 7 nitrogen and oxygen atoms in total. The highest BCUT2D eigenvalue weighted by molar-refractivity contribution is 7.88. The lowest BCUT2D eigenvalue weighted by Gasteiger charge is -2.32. The van der Waals surface area contributed by atoms with Gasteiger partial charge in [0.25, 0.3) is 5.91 Å². The van der Waals surface area contributed by atoms with Gasteiger partial charge in [0.15, 0.2) is 0 Å². The van der Waals surface area contributed by atoms with Crippen molar-refractivity contribution in [2.45, 2.75) is 30.7 Å². The van der Waals surface area contributed by atoms with E-state index in [1.165, 1.54) is 4.90 Å². The van der Waals surface area contributed by atoms with Gasteiger partial charge in [-0.05, 0) is 30.5 Å². The molecule has 0 saturated carbocycles. The van der Waals surface area contributed by atoms with E-state index in [1.807, 2.05) is 0 Å². The van der Waals surface area contributed by atoms with Gasteiger partial charge in [0.05, 0.1) is 11.4 Å². The second-order valence-corrected chi connectivity index (χ2v) is 9.10. The molecule has 2 saturated heterocycles. The summed E-state index contributed by atoms with van der Waals surface area (Å²) in [4.78, 5) is 27.5. The number of carbonyl (C=O) groups excluding carboxylic acids is 2. The molecule has 0 bridgehead atoms. The summed E-state index contributed by atoms with van der Waals surface area (Å²) < 4.78 is 54.9. The summed E-state index contributed by atoms with van der Waals surface area (Å²) in [6, 6.07) is 9.17. The Morgan fingerprint density at radius 2 is 1.80 bits per heavy atom. The Morgan fingerprint density at radius 1 is 1.07 bits per heavy atom. The number of amides is 3. The van der Waals surface area contributed by atoms with Crippen LogP contribution in [0.5, 0.6) is 0 Å². The number of hydrogen-bond acceptors (Lipinski definition) is 4. The van der Waals surface area contributed by atoms with Crippen LogP contribution in [0.3, 0.4) is 0 Å². The fourth-order valence-corrected chi connectivity index (χ4v) is 5.32. The van der Waals surface area contributed by atoms with Crippen LogP contribution in [0.2, 0.25) is 0 Å². The van der Waals surface area contributed by atoms with E-state index in [2.05, 4.69) is 4.72 Å². The highest BCUT2D eigenvalue weighted by Crippen LogP contribution is 2.32. The first kappa shape index (κ1) is 20.4. The first-order valence-electron chi connectivity index (χ1n) is 9.39. The quantitative estimate of drug-likeness (QED) is 0.731. The number of piperidine rings is 1. The number of rotatable bonds is 5. The fraction of sp³-hybridized carbons (Fsp3) is 0.300. The van der Waals surface area contributed by atoms with Gasteiger partial charge in [-0.15, -0.1) is 0 Å². The lowest BCUT2D eigenvalue weighted by atomic mass is 9.99. The molecule has 0 radical (unpaired) electrons. The molecule has 2 fully saturated rings. The predicted octanol–water partition coefficient (Wildman–Crippen LogP) is 2.38. The first-order chi connectivity index (χ1) is 14.2. The summed E-state index contributed by atoms with van der Waals surface area (Å²) in [7, 11) is -3.65. The molecule has 2 aromatic rings. The van der Waals surface area contributed by atoms with Crippen LogP contribution in [0.15, 0.2) is 48.5 Å². The highest BCUT2D eigenvalue weighted by atomic mass is 32.2. The van der Waals surface area contributed by atoms with Gasteiger partial charge in [0, 0.05) is 18.7 Å². The molecule has 0 spiro atoms. The summed E-state index contributed by atoms with van der Waals surface area (Å²) in [6.07, 6.45) is 0.404. The Hall–Kier alpha value is -2.85. The molecule has 2 aliphatic heterocycles. The predicted molar refractivity (Wildman–Crippen MR) is 105 cm³/mol. The molecule has 1 N–H and O–H groups in total. The number of sulfonamides is 1. The van der Waals surface area contributed by atoms with Gasteiger partial charge in [0.1, 0.15) is 17.7 Å². The van der Waals surface area contributed by atoms with Crippen LogP contribution in [-0.4, -0.2) is 43.9 Å². The van der Waals surface area contributed by atoms with Crippen LogP contribution >= 0.6 is 0 Å². The number of nitrogens with one attached hydrogen (secondary N) is 1. The number of carbonyl (C=O) groups is 2. The van der Waals surface area contributed by atoms with Gasteiger partial charge in [-0.1, -0.05) is 30.3 Å². The molecule has 158 valence electrons. The van der Waals surface area contributed by atoms with Crippen molar-refractivity contribution in [2.75, 3.05) is 11.4 Å². The van der Waals surface area contributed by atoms with E-state index in [-0.39, 0.29) is 24.4 Å². The molecule has 2 atom stereocenters. The minimum absolute atomic E-state index is 0.0813. The molecule has 10 heteroatoms. The maximum absolute atomic E-state index is 14.1. The van der Waals surface area contributed by atoms with E-state index in [0.29, 0.717) is 23.0 Å². The van der Waals surface area contributed by atoms with Crippen molar-refractivity contribution in [3.63, 3.8) is 0 Å². The van der Waals surface area contributed by atoms with Crippen molar-refractivity contribution in [1.82, 2.24) is 9.62 Å². The minimum atomic E-state index is -3.65. The van der Waals surface area contributed by atoms with E-state index < -0.39 is 45.7 Å². The number of anilines is 1. The maximum Gasteiger partial charge on any atom is 0.332 e. The topological polar surface area (TPSA) is 86.8 Å². The molecule has 4 rings (SSSR count). The number of benzene rings is 2. The Balaban J connectivity index is 1.48. The zero-order valence-electron chi connectivity index (χ0n) is 15.8. The largest absolute Gasteiger partial charge is 0.332 e. The van der Waals surface area contributed by atoms with Crippen LogP contribution in [0.4, 0.5) is 19.3 Å². The fourth-order valence-electron chi connectivity index (χ4n) is 3.88. The number of imide groups is 1. The molecule has 30 heavy (non-hydrogen) atoms. The van der Waals surface area contributed by atoms with Crippen molar-refractivity contribution >= 4 is 27.6 Å². The lowest BCUT2D eigenvalue weighted by molar-refractivity contribution is -0.120. The summed E-state index contributed by atoms with van der Waals surface area (Å²) >= 11 is 0. The molecule has 3 amide bonds. The molecule has 2 heterocycles. The van der Waals surface area contributed by atoms with E-state index in [9.17, 15) is 26.8 Å². The Kier molecular flexibility index (Phi) is 5.29. The zero-order valence-corrected chi connectivity index (χ0v) is 16.6. The third-order valence-electron chi connectivity index (χ3n) is 5.24. The summed E-state index contributed by atoms with van der Waals surface area (Å²) in [5.41, 5.74) is 0.314. The van der Waals surface area contributed by atoms with Crippen molar-refractivity contribution < 1.29 is 26.8 Å². The van der Waals surface area contributed by atoms with Crippen LogP contribution in [0.1, 0.15) is 18.4 Å². The second kappa shape index (κ2) is 7.77. The van der Waals surface area contributed by atoms with Crippen molar-refractivity contribution in [1.29, 1.82) is 0 Å². The Morgan fingerprint density at radius 3 is 2.50 bits per heavy atom. The molecule has 2 aliphatic rings. The van der Waals surface area contributed by atoms with Gasteiger partial charge >= 0.3 is 6.03 Å². The van der Waals surface area contributed by atoms with Crippen molar-refractivity contribution in [3.05, 3.63) is 65.7 Å². The Labute approximate surface area is 172 Å². The van der Waals surface area contributed by atoms with E-state index in [1.54, 1.807) is 30.3 Å². The molecule has 0 aliphatic carbocycles. The maximum atomic E-state index is 14.1. The lowest BCUT2D eigenvalue weighted by Crippen LogP contribution is -2.49. The summed E-state index contributed by atoms with van der Waals surface area (Å²) in [5.74, 6) is -2.69. The SMILES string of the molecule is O=C1C2CC(NS(=O)(=O)Cc3ccccc3)CCN2C(=O)N1c1ccc(F)cc1F. The summed E-state index contributed by atoms with van der Waals surface area (Å²) in [5, 5.41) is 0. The number of hydrogen-bond donors (Lipinski definition) is 1. The molecule has 2 unspecified atom stereocenters.